The van der Waals surface area contributed by atoms with E-state index in [9.17, 15) is 4.39 Å². The van der Waals surface area contributed by atoms with Crippen LogP contribution in [0.1, 0.15) is 50.2 Å². The summed E-state index contributed by atoms with van der Waals surface area (Å²) >= 11 is 0. The first-order valence-electron chi connectivity index (χ1n) is 8.56. The standard InChI is InChI=1S/C21H26FO/c1-2-3-4-5-6-8-11-18-14-15-21(20(22)16-18)23-17-19-12-9-7-10-13-19/h5,7,9-10,12-16H,2-4,6,8,11,17H2,1H3. The summed E-state index contributed by atoms with van der Waals surface area (Å²) in [6.07, 6.45) is 9.14. The number of halogens is 1. The van der Waals surface area contributed by atoms with E-state index in [0.717, 1.165) is 30.4 Å². The smallest absolute Gasteiger partial charge is 0.165 e. The lowest BCUT2D eigenvalue weighted by atomic mass is 10.0. The maximum atomic E-state index is 14.1. The number of rotatable bonds is 10. The molecule has 1 nitrogen and oxygen atoms in total. The Morgan fingerprint density at radius 1 is 0.957 bits per heavy atom. The summed E-state index contributed by atoms with van der Waals surface area (Å²) < 4.78 is 19.7. The first kappa shape index (κ1) is 17.5. The van der Waals surface area contributed by atoms with Crippen LogP contribution in [-0.2, 0) is 13.0 Å². The van der Waals surface area contributed by atoms with Gasteiger partial charge in [-0.2, -0.15) is 0 Å². The van der Waals surface area contributed by atoms with E-state index in [1.54, 1.807) is 12.1 Å². The summed E-state index contributed by atoms with van der Waals surface area (Å²) in [6, 6.07) is 15.1. The summed E-state index contributed by atoms with van der Waals surface area (Å²) in [7, 11) is 0. The molecule has 0 amide bonds. The first-order valence-corrected chi connectivity index (χ1v) is 8.56. The van der Waals surface area contributed by atoms with Crippen molar-refractivity contribution in [2.45, 2.75) is 52.1 Å². The van der Waals surface area contributed by atoms with E-state index >= 15 is 0 Å². The molecule has 0 heterocycles. The molecule has 0 atom stereocenters. The minimum Gasteiger partial charge on any atom is -0.486 e. The van der Waals surface area contributed by atoms with Crippen LogP contribution in [0.3, 0.4) is 0 Å². The van der Waals surface area contributed by atoms with Gasteiger partial charge in [0.1, 0.15) is 6.61 Å². The molecule has 0 aliphatic heterocycles. The van der Waals surface area contributed by atoms with E-state index in [2.05, 4.69) is 13.3 Å². The van der Waals surface area contributed by atoms with Crippen molar-refractivity contribution in [2.75, 3.05) is 0 Å². The SMILES string of the molecule is CCCC[CH]CCCc1ccc(OCc2ccccc2)c(F)c1. The molecule has 0 bridgehead atoms. The second-order valence-corrected chi connectivity index (χ2v) is 5.86. The Labute approximate surface area is 139 Å². The predicted octanol–water partition coefficient (Wildman–Crippen LogP) is 6.12. The van der Waals surface area contributed by atoms with Crippen LogP contribution in [0.4, 0.5) is 4.39 Å². The monoisotopic (exact) mass is 313 g/mol. The highest BCUT2D eigenvalue weighted by Crippen LogP contribution is 2.21. The molecule has 23 heavy (non-hydrogen) atoms. The van der Waals surface area contributed by atoms with Crippen LogP contribution < -0.4 is 4.74 Å². The molecular formula is C21H26FO. The molecule has 0 aromatic heterocycles. The van der Waals surface area contributed by atoms with Crippen LogP contribution in [0.2, 0.25) is 0 Å². The van der Waals surface area contributed by atoms with Gasteiger partial charge in [-0.05, 0) is 48.9 Å². The van der Waals surface area contributed by atoms with Crippen molar-refractivity contribution in [1.82, 2.24) is 0 Å². The lowest BCUT2D eigenvalue weighted by molar-refractivity contribution is 0.290. The van der Waals surface area contributed by atoms with Crippen LogP contribution >= 0.6 is 0 Å². The van der Waals surface area contributed by atoms with Gasteiger partial charge in [0.15, 0.2) is 11.6 Å². The maximum absolute atomic E-state index is 14.1. The molecule has 0 aliphatic carbocycles. The van der Waals surface area contributed by atoms with Crippen LogP contribution in [0, 0.1) is 12.2 Å². The zero-order valence-corrected chi connectivity index (χ0v) is 13.9. The number of hydrogen-bond acceptors (Lipinski definition) is 1. The van der Waals surface area contributed by atoms with Gasteiger partial charge in [0.05, 0.1) is 0 Å². The third-order valence-electron chi connectivity index (χ3n) is 3.87. The molecule has 2 rings (SSSR count). The average Bonchev–Trinajstić information content (AvgIpc) is 2.58. The van der Waals surface area contributed by atoms with Crippen molar-refractivity contribution in [1.29, 1.82) is 0 Å². The van der Waals surface area contributed by atoms with Crippen LogP contribution in [0.25, 0.3) is 0 Å². The van der Waals surface area contributed by atoms with E-state index in [-0.39, 0.29) is 5.82 Å². The third-order valence-corrected chi connectivity index (χ3v) is 3.87. The largest absolute Gasteiger partial charge is 0.486 e. The van der Waals surface area contributed by atoms with Crippen LogP contribution in [0.5, 0.6) is 5.75 Å². The molecule has 0 saturated heterocycles. The molecule has 0 fully saturated rings. The molecule has 0 unspecified atom stereocenters. The topological polar surface area (TPSA) is 9.23 Å². The number of ether oxygens (including phenoxy) is 1. The highest BCUT2D eigenvalue weighted by Gasteiger charge is 2.05. The van der Waals surface area contributed by atoms with Crippen LogP contribution in [-0.4, -0.2) is 0 Å². The van der Waals surface area contributed by atoms with Gasteiger partial charge in [0.25, 0.3) is 0 Å². The summed E-state index contributed by atoms with van der Waals surface area (Å²) in [5.41, 5.74) is 2.08. The number of hydrogen-bond donors (Lipinski definition) is 0. The highest BCUT2D eigenvalue weighted by atomic mass is 19.1. The summed E-state index contributed by atoms with van der Waals surface area (Å²) in [4.78, 5) is 0. The van der Waals surface area contributed by atoms with E-state index in [1.165, 1.54) is 19.3 Å². The fourth-order valence-corrected chi connectivity index (χ4v) is 2.50. The Hall–Kier alpha value is -1.83. The van der Waals surface area contributed by atoms with Crippen molar-refractivity contribution in [3.63, 3.8) is 0 Å². The van der Waals surface area contributed by atoms with E-state index in [0.29, 0.717) is 12.4 Å². The summed E-state index contributed by atoms with van der Waals surface area (Å²) in [5.74, 6) is 0.0560. The molecule has 0 N–H and O–H groups in total. The van der Waals surface area contributed by atoms with Gasteiger partial charge in [-0.15, -0.1) is 0 Å². The lowest BCUT2D eigenvalue weighted by Crippen LogP contribution is -1.98. The Morgan fingerprint density at radius 3 is 2.48 bits per heavy atom. The molecule has 2 heteroatoms. The minimum atomic E-state index is -0.270. The Morgan fingerprint density at radius 2 is 1.74 bits per heavy atom. The van der Waals surface area contributed by atoms with Gasteiger partial charge in [-0.1, -0.05) is 62.6 Å². The van der Waals surface area contributed by atoms with Crippen molar-refractivity contribution in [3.8, 4) is 5.75 Å². The fourth-order valence-electron chi connectivity index (χ4n) is 2.50. The van der Waals surface area contributed by atoms with Gasteiger partial charge in [0.2, 0.25) is 0 Å². The van der Waals surface area contributed by atoms with Gasteiger partial charge < -0.3 is 4.74 Å². The second kappa shape index (κ2) is 10.0. The fraction of sp³-hybridized carbons (Fsp3) is 0.381. The summed E-state index contributed by atoms with van der Waals surface area (Å²) in [6.45, 7) is 2.60. The normalized spacial score (nSPS) is 10.7. The highest BCUT2D eigenvalue weighted by molar-refractivity contribution is 5.30. The van der Waals surface area contributed by atoms with Crippen molar-refractivity contribution in [2.24, 2.45) is 0 Å². The maximum Gasteiger partial charge on any atom is 0.165 e. The molecule has 2 aromatic rings. The van der Waals surface area contributed by atoms with Crippen molar-refractivity contribution < 1.29 is 9.13 Å². The lowest BCUT2D eigenvalue weighted by Gasteiger charge is -2.09. The van der Waals surface area contributed by atoms with Gasteiger partial charge in [-0.25, -0.2) is 4.39 Å². The van der Waals surface area contributed by atoms with E-state index in [4.69, 9.17) is 4.74 Å². The zero-order chi connectivity index (χ0) is 16.3. The Balaban J connectivity index is 1.76. The molecule has 0 saturated carbocycles. The number of unbranched alkanes of at least 4 members (excludes halogenated alkanes) is 5. The van der Waals surface area contributed by atoms with Crippen LogP contribution in [0.15, 0.2) is 48.5 Å². The molecular weight excluding hydrogens is 287 g/mol. The quantitative estimate of drug-likeness (QED) is 0.480. The third kappa shape index (κ3) is 6.43. The minimum absolute atomic E-state index is 0.270. The van der Waals surface area contributed by atoms with Crippen molar-refractivity contribution in [3.05, 3.63) is 71.9 Å². The van der Waals surface area contributed by atoms with Gasteiger partial charge >= 0.3 is 0 Å². The molecule has 2 aromatic carbocycles. The van der Waals surface area contributed by atoms with Gasteiger partial charge in [0, 0.05) is 0 Å². The summed E-state index contributed by atoms with van der Waals surface area (Å²) in [5, 5.41) is 0. The second-order valence-electron chi connectivity index (χ2n) is 5.86. The van der Waals surface area contributed by atoms with Crippen molar-refractivity contribution >= 4 is 0 Å². The first-order chi connectivity index (χ1) is 11.3. The molecule has 123 valence electrons. The predicted molar refractivity (Wildman–Crippen MR) is 93.9 cm³/mol. The zero-order valence-electron chi connectivity index (χ0n) is 13.9. The molecule has 0 spiro atoms. The molecule has 1 radical (unpaired) electrons. The van der Waals surface area contributed by atoms with E-state index < -0.39 is 0 Å². The van der Waals surface area contributed by atoms with Gasteiger partial charge in [-0.3, -0.25) is 0 Å². The van der Waals surface area contributed by atoms with E-state index in [1.807, 2.05) is 36.4 Å². The Bertz CT molecular complexity index is 565. The molecule has 0 aliphatic rings. The average molecular weight is 313 g/mol. The number of benzene rings is 2. The number of aryl methyl sites for hydroxylation is 1. The Kier molecular flexibility index (Phi) is 7.65.